The van der Waals surface area contributed by atoms with Crippen molar-refractivity contribution in [2.75, 3.05) is 0 Å². The second-order valence-electron chi connectivity index (χ2n) is 4.99. The summed E-state index contributed by atoms with van der Waals surface area (Å²) in [7, 11) is 0. The molecule has 0 saturated carbocycles. The summed E-state index contributed by atoms with van der Waals surface area (Å²) in [5.41, 5.74) is 4.16. The number of aryl methyl sites for hydroxylation is 2. The lowest BCUT2D eigenvalue weighted by molar-refractivity contribution is -0.107. The molecule has 0 aliphatic rings. The third kappa shape index (κ3) is 4.95. The molecule has 0 fully saturated rings. The zero-order valence-corrected chi connectivity index (χ0v) is 12.3. The van der Waals surface area contributed by atoms with Gasteiger partial charge in [-0.2, -0.15) is 10.2 Å². The minimum Gasteiger partial charge on any atom is -0.303 e. The molecule has 0 unspecified atom stereocenters. The first-order valence-electron chi connectivity index (χ1n) is 7.35. The van der Waals surface area contributed by atoms with Crippen LogP contribution in [0.1, 0.15) is 30.9 Å². The van der Waals surface area contributed by atoms with Crippen molar-refractivity contribution < 1.29 is 4.79 Å². The number of aldehydes is 1. The van der Waals surface area contributed by atoms with Gasteiger partial charge in [0.05, 0.1) is 11.4 Å². The smallest absolute Gasteiger partial charge is 0.120 e. The van der Waals surface area contributed by atoms with Crippen LogP contribution in [-0.2, 0) is 17.6 Å². The lowest BCUT2D eigenvalue weighted by atomic mass is 10.1. The van der Waals surface area contributed by atoms with E-state index in [1.807, 2.05) is 36.4 Å². The van der Waals surface area contributed by atoms with Gasteiger partial charge in [-0.15, -0.1) is 0 Å². The van der Waals surface area contributed by atoms with Crippen molar-refractivity contribution in [3.05, 3.63) is 59.7 Å². The Morgan fingerprint density at radius 3 is 1.71 bits per heavy atom. The molecule has 0 aromatic heterocycles. The normalized spacial score (nSPS) is 10.9. The SMILES string of the molecule is CCCc1ccc(N=Nc2ccc(CCC=O)cc2)cc1. The molecule has 0 atom stereocenters. The molecule has 0 bridgehead atoms. The average Bonchev–Trinajstić information content (AvgIpc) is 2.53. The molecule has 2 rings (SSSR count). The van der Waals surface area contributed by atoms with Gasteiger partial charge in [-0.05, 0) is 48.2 Å². The summed E-state index contributed by atoms with van der Waals surface area (Å²) in [6, 6.07) is 16.0. The average molecular weight is 280 g/mol. The van der Waals surface area contributed by atoms with E-state index in [-0.39, 0.29) is 0 Å². The highest BCUT2D eigenvalue weighted by Gasteiger charge is 1.95. The maximum absolute atomic E-state index is 10.3. The molecule has 0 saturated heterocycles. The van der Waals surface area contributed by atoms with E-state index in [9.17, 15) is 4.79 Å². The molecule has 108 valence electrons. The highest BCUT2D eigenvalue weighted by molar-refractivity contribution is 5.50. The molecule has 2 aromatic rings. The van der Waals surface area contributed by atoms with Crippen molar-refractivity contribution in [3.63, 3.8) is 0 Å². The number of hydrogen-bond acceptors (Lipinski definition) is 3. The minimum atomic E-state index is 0.560. The Morgan fingerprint density at radius 1 is 0.810 bits per heavy atom. The summed E-state index contributed by atoms with van der Waals surface area (Å²) in [6.07, 6.45) is 4.53. The maximum Gasteiger partial charge on any atom is 0.120 e. The molecule has 2 aromatic carbocycles. The van der Waals surface area contributed by atoms with Crippen LogP contribution in [0.4, 0.5) is 11.4 Å². The molecular weight excluding hydrogens is 260 g/mol. The van der Waals surface area contributed by atoms with Crippen molar-refractivity contribution in [1.82, 2.24) is 0 Å². The van der Waals surface area contributed by atoms with Gasteiger partial charge < -0.3 is 4.79 Å². The highest BCUT2D eigenvalue weighted by Crippen LogP contribution is 2.19. The number of hydrogen-bond donors (Lipinski definition) is 0. The van der Waals surface area contributed by atoms with Crippen molar-refractivity contribution in [3.8, 4) is 0 Å². The van der Waals surface area contributed by atoms with E-state index in [2.05, 4.69) is 29.3 Å². The fourth-order valence-corrected chi connectivity index (χ4v) is 2.09. The Hall–Kier alpha value is -2.29. The Morgan fingerprint density at radius 2 is 1.29 bits per heavy atom. The van der Waals surface area contributed by atoms with Crippen LogP contribution in [0.15, 0.2) is 58.8 Å². The van der Waals surface area contributed by atoms with E-state index in [0.29, 0.717) is 6.42 Å². The first kappa shape index (κ1) is 15.1. The number of carbonyl (C=O) groups is 1. The Kier molecular flexibility index (Phi) is 5.83. The molecule has 0 aliphatic carbocycles. The molecule has 21 heavy (non-hydrogen) atoms. The third-order valence-electron chi connectivity index (χ3n) is 3.24. The molecule has 3 nitrogen and oxygen atoms in total. The summed E-state index contributed by atoms with van der Waals surface area (Å²) < 4.78 is 0. The fourth-order valence-electron chi connectivity index (χ4n) is 2.09. The van der Waals surface area contributed by atoms with E-state index < -0.39 is 0 Å². The van der Waals surface area contributed by atoms with Crippen LogP contribution in [0.25, 0.3) is 0 Å². The van der Waals surface area contributed by atoms with Gasteiger partial charge in [0.1, 0.15) is 6.29 Å². The van der Waals surface area contributed by atoms with Gasteiger partial charge in [-0.25, -0.2) is 0 Å². The third-order valence-corrected chi connectivity index (χ3v) is 3.24. The summed E-state index contributed by atoms with van der Waals surface area (Å²) in [4.78, 5) is 10.3. The first-order valence-corrected chi connectivity index (χ1v) is 7.35. The Bertz CT molecular complexity index is 586. The molecule has 3 heteroatoms. The standard InChI is InChI=1S/C18H20N2O/c1-2-4-15-6-10-17(11-7-15)19-20-18-12-8-16(9-13-18)5-3-14-21/h6-14H,2-5H2,1H3. The van der Waals surface area contributed by atoms with E-state index >= 15 is 0 Å². The summed E-state index contributed by atoms with van der Waals surface area (Å²) >= 11 is 0. The van der Waals surface area contributed by atoms with Gasteiger partial charge in [0, 0.05) is 6.42 Å². The topological polar surface area (TPSA) is 41.8 Å². The minimum absolute atomic E-state index is 0.560. The van der Waals surface area contributed by atoms with Crippen LogP contribution in [0.3, 0.4) is 0 Å². The summed E-state index contributed by atoms with van der Waals surface area (Å²) in [5.74, 6) is 0. The molecule has 0 aliphatic heterocycles. The molecule has 0 amide bonds. The van der Waals surface area contributed by atoms with Gasteiger partial charge in [0.15, 0.2) is 0 Å². The van der Waals surface area contributed by atoms with Crippen LogP contribution >= 0.6 is 0 Å². The molecule has 0 heterocycles. The van der Waals surface area contributed by atoms with E-state index in [1.165, 1.54) is 5.56 Å². The largest absolute Gasteiger partial charge is 0.303 e. The second-order valence-corrected chi connectivity index (χ2v) is 4.99. The molecule has 0 N–H and O–H groups in total. The Labute approximate surface area is 125 Å². The first-order chi connectivity index (χ1) is 10.3. The van der Waals surface area contributed by atoms with Crippen molar-refractivity contribution in [2.24, 2.45) is 10.2 Å². The molecular formula is C18H20N2O. The zero-order chi connectivity index (χ0) is 14.9. The van der Waals surface area contributed by atoms with E-state index in [4.69, 9.17) is 0 Å². The van der Waals surface area contributed by atoms with Crippen LogP contribution < -0.4 is 0 Å². The van der Waals surface area contributed by atoms with Crippen LogP contribution in [0, 0.1) is 0 Å². The quantitative estimate of drug-likeness (QED) is 0.508. The van der Waals surface area contributed by atoms with Crippen molar-refractivity contribution >= 4 is 17.7 Å². The van der Waals surface area contributed by atoms with Crippen molar-refractivity contribution in [2.45, 2.75) is 32.6 Å². The Balaban J connectivity index is 1.98. The van der Waals surface area contributed by atoms with Crippen LogP contribution in [0.2, 0.25) is 0 Å². The van der Waals surface area contributed by atoms with Gasteiger partial charge in [0.25, 0.3) is 0 Å². The van der Waals surface area contributed by atoms with E-state index in [0.717, 1.165) is 42.5 Å². The highest BCUT2D eigenvalue weighted by atomic mass is 16.1. The second kappa shape index (κ2) is 8.10. The predicted molar refractivity (Wildman–Crippen MR) is 85.4 cm³/mol. The number of nitrogens with zero attached hydrogens (tertiary/aromatic N) is 2. The van der Waals surface area contributed by atoms with Crippen LogP contribution in [-0.4, -0.2) is 6.29 Å². The summed E-state index contributed by atoms with van der Waals surface area (Å²) in [5, 5.41) is 8.47. The van der Waals surface area contributed by atoms with Crippen molar-refractivity contribution in [1.29, 1.82) is 0 Å². The molecule has 0 spiro atoms. The van der Waals surface area contributed by atoms with Gasteiger partial charge in [-0.3, -0.25) is 0 Å². The lowest BCUT2D eigenvalue weighted by Gasteiger charge is -1.99. The number of azo groups is 1. The predicted octanol–water partition coefficient (Wildman–Crippen LogP) is 5.19. The summed E-state index contributed by atoms with van der Waals surface area (Å²) in [6.45, 7) is 2.17. The number of rotatable bonds is 7. The monoisotopic (exact) mass is 280 g/mol. The van der Waals surface area contributed by atoms with Crippen LogP contribution in [0.5, 0.6) is 0 Å². The van der Waals surface area contributed by atoms with E-state index in [1.54, 1.807) is 0 Å². The zero-order valence-electron chi connectivity index (χ0n) is 12.3. The van der Waals surface area contributed by atoms with Gasteiger partial charge in [-0.1, -0.05) is 37.6 Å². The lowest BCUT2D eigenvalue weighted by Crippen LogP contribution is -1.84. The number of benzene rings is 2. The maximum atomic E-state index is 10.3. The number of carbonyl (C=O) groups excluding carboxylic acids is 1. The molecule has 0 radical (unpaired) electrons. The fraction of sp³-hybridized carbons (Fsp3) is 0.278. The van der Waals surface area contributed by atoms with Gasteiger partial charge in [0.2, 0.25) is 0 Å². The van der Waals surface area contributed by atoms with Gasteiger partial charge >= 0.3 is 0 Å².